The quantitative estimate of drug-likeness (QED) is 0.487. The molecule has 8 nitrogen and oxygen atoms in total. The van der Waals surface area contributed by atoms with Crippen molar-refractivity contribution < 1.29 is 32.3 Å². The molecule has 0 saturated heterocycles. The van der Waals surface area contributed by atoms with E-state index in [0.29, 0.717) is 0 Å². The second kappa shape index (κ2) is 8.35. The predicted octanol–water partition coefficient (Wildman–Crippen LogP) is 1.95. The normalized spacial score (nSPS) is 19.7. The van der Waals surface area contributed by atoms with Gasteiger partial charge < -0.3 is 4.74 Å². The first-order chi connectivity index (χ1) is 15.3. The van der Waals surface area contributed by atoms with Gasteiger partial charge in [-0.15, -0.1) is 0 Å². The molecule has 4 rings (SSSR count). The number of imide groups is 1. The molecule has 2 aromatic rings. The number of ketones is 1. The first-order valence-electron chi connectivity index (χ1n) is 9.67. The number of amides is 2. The number of carbonyl (C=O) groups excluding carboxylic acids is 4. The fourth-order valence-electron chi connectivity index (χ4n) is 3.58. The summed E-state index contributed by atoms with van der Waals surface area (Å²) in [7, 11) is -4.20. The lowest BCUT2D eigenvalue weighted by Crippen LogP contribution is -2.32. The van der Waals surface area contributed by atoms with Crippen LogP contribution in [-0.4, -0.2) is 43.4 Å². The minimum Gasteiger partial charge on any atom is -0.421 e. The van der Waals surface area contributed by atoms with Crippen molar-refractivity contribution in [2.45, 2.75) is 11.7 Å². The largest absolute Gasteiger partial charge is 0.421 e. The standard InChI is InChI=1S/C23H17NO7S/c25-17-11-12-18(26)24(17)14-13-19(27)31-21-20(28)22(15-7-3-1-4-8-15)32(29,30)23(21)16-9-5-2-6-10-16/h1-12,22H,13-14H2. The Morgan fingerprint density at radius 1 is 0.875 bits per heavy atom. The summed E-state index contributed by atoms with van der Waals surface area (Å²) in [6.45, 7) is -0.249. The van der Waals surface area contributed by atoms with Crippen molar-refractivity contribution in [3.05, 3.63) is 89.7 Å². The van der Waals surface area contributed by atoms with E-state index in [1.165, 1.54) is 24.3 Å². The number of sulfone groups is 1. The molecule has 2 amide bonds. The highest BCUT2D eigenvalue weighted by Crippen LogP contribution is 2.44. The van der Waals surface area contributed by atoms with Crippen molar-refractivity contribution in [2.75, 3.05) is 6.54 Å². The van der Waals surface area contributed by atoms with Crippen molar-refractivity contribution in [3.8, 4) is 0 Å². The number of esters is 1. The van der Waals surface area contributed by atoms with E-state index in [9.17, 15) is 27.6 Å². The average molecular weight is 451 g/mol. The Balaban J connectivity index is 1.66. The van der Waals surface area contributed by atoms with E-state index in [4.69, 9.17) is 4.74 Å². The van der Waals surface area contributed by atoms with E-state index in [2.05, 4.69) is 0 Å². The number of allylic oxidation sites excluding steroid dienone is 1. The highest BCUT2D eigenvalue weighted by Gasteiger charge is 2.50. The average Bonchev–Trinajstić information content (AvgIpc) is 3.19. The van der Waals surface area contributed by atoms with Crippen molar-refractivity contribution in [3.63, 3.8) is 0 Å². The van der Waals surface area contributed by atoms with Crippen LogP contribution in [0.3, 0.4) is 0 Å². The van der Waals surface area contributed by atoms with Crippen LogP contribution in [0.25, 0.3) is 4.91 Å². The number of hydrogen-bond donors (Lipinski definition) is 0. The molecule has 0 fully saturated rings. The summed E-state index contributed by atoms with van der Waals surface area (Å²) < 4.78 is 32.0. The van der Waals surface area contributed by atoms with Gasteiger partial charge in [-0.05, 0) is 11.1 Å². The summed E-state index contributed by atoms with van der Waals surface area (Å²) in [5, 5.41) is -1.53. The van der Waals surface area contributed by atoms with Crippen molar-refractivity contribution >= 4 is 38.3 Å². The predicted molar refractivity (Wildman–Crippen MR) is 113 cm³/mol. The van der Waals surface area contributed by atoms with Crippen LogP contribution in [0.2, 0.25) is 0 Å². The Morgan fingerprint density at radius 3 is 2.03 bits per heavy atom. The Morgan fingerprint density at radius 2 is 1.44 bits per heavy atom. The topological polar surface area (TPSA) is 115 Å². The van der Waals surface area contributed by atoms with Crippen LogP contribution in [0.1, 0.15) is 22.8 Å². The van der Waals surface area contributed by atoms with Crippen LogP contribution in [0.4, 0.5) is 0 Å². The molecule has 1 unspecified atom stereocenters. The van der Waals surface area contributed by atoms with Crippen LogP contribution in [0, 0.1) is 0 Å². The molecule has 1 atom stereocenters. The summed E-state index contributed by atoms with van der Waals surface area (Å²) in [6.07, 6.45) is 1.77. The number of ether oxygens (including phenoxy) is 1. The fraction of sp³-hybridized carbons (Fsp3) is 0.130. The smallest absolute Gasteiger partial charge is 0.313 e. The van der Waals surface area contributed by atoms with Gasteiger partial charge in [-0.3, -0.25) is 24.1 Å². The van der Waals surface area contributed by atoms with Crippen LogP contribution in [-0.2, 0) is 33.8 Å². The highest BCUT2D eigenvalue weighted by molar-refractivity contribution is 8.02. The van der Waals surface area contributed by atoms with Gasteiger partial charge in [-0.2, -0.15) is 0 Å². The van der Waals surface area contributed by atoms with Gasteiger partial charge in [-0.1, -0.05) is 60.7 Å². The molecule has 0 aromatic heterocycles. The minimum atomic E-state index is -4.20. The van der Waals surface area contributed by atoms with Gasteiger partial charge in [0, 0.05) is 18.7 Å². The van der Waals surface area contributed by atoms with Crippen molar-refractivity contribution in [1.29, 1.82) is 0 Å². The molecule has 0 aliphatic carbocycles. The second-order valence-corrected chi connectivity index (χ2v) is 9.08. The molecule has 32 heavy (non-hydrogen) atoms. The van der Waals surface area contributed by atoms with Crippen molar-refractivity contribution in [2.24, 2.45) is 0 Å². The SMILES string of the molecule is O=C(CCN1C(=O)C=CC1=O)OC1=C(c2ccccc2)S(=O)(=O)C(c2ccccc2)C1=O. The van der Waals surface area contributed by atoms with Crippen LogP contribution >= 0.6 is 0 Å². The minimum absolute atomic E-state index is 0.219. The molecule has 0 radical (unpaired) electrons. The number of nitrogens with zero attached hydrogens (tertiary/aromatic N) is 1. The summed E-state index contributed by atoms with van der Waals surface area (Å²) in [6, 6.07) is 15.9. The van der Waals surface area contributed by atoms with E-state index in [1.807, 2.05) is 0 Å². The van der Waals surface area contributed by atoms with Gasteiger partial charge in [0.25, 0.3) is 11.8 Å². The zero-order valence-corrected chi connectivity index (χ0v) is 17.4. The third-order valence-electron chi connectivity index (χ3n) is 5.06. The lowest BCUT2D eigenvalue weighted by atomic mass is 10.1. The van der Waals surface area contributed by atoms with Crippen LogP contribution in [0.15, 0.2) is 78.6 Å². The molecular formula is C23H17NO7S. The number of benzene rings is 2. The third kappa shape index (κ3) is 3.78. The number of rotatable bonds is 6. The lowest BCUT2D eigenvalue weighted by Gasteiger charge is -2.13. The van der Waals surface area contributed by atoms with Gasteiger partial charge in [-0.25, -0.2) is 8.42 Å². The molecule has 0 N–H and O–H groups in total. The maximum atomic E-state index is 13.4. The Labute approximate surface area is 183 Å². The van der Waals surface area contributed by atoms with Gasteiger partial charge >= 0.3 is 5.97 Å². The molecule has 2 aliphatic rings. The van der Waals surface area contributed by atoms with E-state index >= 15 is 0 Å². The number of hydrogen-bond acceptors (Lipinski definition) is 7. The third-order valence-corrected chi connectivity index (χ3v) is 7.15. The van der Waals surface area contributed by atoms with Crippen molar-refractivity contribution in [1.82, 2.24) is 4.90 Å². The van der Waals surface area contributed by atoms with Gasteiger partial charge in [0.05, 0.1) is 6.42 Å². The monoisotopic (exact) mass is 451 g/mol. The molecular weight excluding hydrogens is 434 g/mol. The molecule has 9 heteroatoms. The summed E-state index contributed by atoms with van der Waals surface area (Å²) >= 11 is 0. The summed E-state index contributed by atoms with van der Waals surface area (Å²) in [5.74, 6) is -3.46. The maximum Gasteiger partial charge on any atom is 0.313 e. The zero-order valence-electron chi connectivity index (χ0n) is 16.6. The zero-order chi connectivity index (χ0) is 22.9. The fourth-order valence-corrected chi connectivity index (χ4v) is 5.58. The van der Waals surface area contributed by atoms with Crippen LogP contribution in [0.5, 0.6) is 0 Å². The van der Waals surface area contributed by atoms with Gasteiger partial charge in [0.2, 0.25) is 5.78 Å². The van der Waals surface area contributed by atoms with Gasteiger partial charge in [0.15, 0.2) is 20.8 Å². The molecule has 2 aliphatic heterocycles. The highest BCUT2D eigenvalue weighted by atomic mass is 32.2. The summed E-state index contributed by atoms with van der Waals surface area (Å²) in [5.41, 5.74) is 0.479. The van der Waals surface area contributed by atoms with E-state index in [-0.39, 0.29) is 22.6 Å². The first kappa shape index (κ1) is 21.4. The Hall–Kier alpha value is -3.85. The van der Waals surface area contributed by atoms with E-state index in [1.54, 1.807) is 36.4 Å². The molecule has 0 spiro atoms. The van der Waals surface area contributed by atoms with E-state index < -0.39 is 50.8 Å². The molecule has 0 bridgehead atoms. The molecule has 2 aromatic carbocycles. The Kier molecular flexibility index (Phi) is 5.58. The Bertz CT molecular complexity index is 1260. The maximum absolute atomic E-state index is 13.4. The van der Waals surface area contributed by atoms with E-state index in [0.717, 1.165) is 17.1 Å². The number of Topliss-reactive ketones (excluding diaryl/α,β-unsaturated/α-hetero) is 1. The van der Waals surface area contributed by atoms with Gasteiger partial charge in [0.1, 0.15) is 4.91 Å². The second-order valence-electron chi connectivity index (χ2n) is 7.11. The molecule has 162 valence electrons. The molecule has 2 heterocycles. The first-order valence-corrected chi connectivity index (χ1v) is 11.2. The lowest BCUT2D eigenvalue weighted by molar-refractivity contribution is -0.144. The van der Waals surface area contributed by atoms with Crippen LogP contribution < -0.4 is 0 Å². The number of carbonyl (C=O) groups is 4. The molecule has 0 saturated carbocycles. The summed E-state index contributed by atoms with van der Waals surface area (Å²) in [4.78, 5) is 49.4.